The highest BCUT2D eigenvalue weighted by Crippen LogP contribution is 2.11. The first-order valence-electron chi connectivity index (χ1n) is 6.27. The molecule has 0 unspecified atom stereocenters. The minimum Gasteiger partial charge on any atom is -0.196 e. The smallest absolute Gasteiger partial charge is 0.196 e. The Hall–Kier alpha value is -1.37. The molecule has 1 heteroatoms. The van der Waals surface area contributed by atoms with Gasteiger partial charge in [-0.15, -0.1) is 0 Å². The maximum absolute atomic E-state index is 2.47. The normalized spacial score (nSPS) is 10.9. The number of nitrogens with zero attached hydrogens (tertiary/aromatic N) is 1. The summed E-state index contributed by atoms with van der Waals surface area (Å²) in [5.74, 6) is 0. The lowest BCUT2D eigenvalue weighted by Gasteiger charge is -2.05. The third kappa shape index (κ3) is 2.08. The number of hydrogen-bond acceptors (Lipinski definition) is 0. The first-order chi connectivity index (χ1) is 7.86. The predicted octanol–water partition coefficient (Wildman–Crippen LogP) is 3.49. The number of pyridine rings is 1. The largest absolute Gasteiger partial charge is 0.212 e. The van der Waals surface area contributed by atoms with Gasteiger partial charge in [-0.25, -0.2) is 0 Å². The van der Waals surface area contributed by atoms with E-state index in [1.807, 2.05) is 0 Å². The molecule has 84 valence electrons. The maximum atomic E-state index is 2.47. The summed E-state index contributed by atoms with van der Waals surface area (Å²) < 4.78 is 2.47. The Kier molecular flexibility index (Phi) is 3.55. The molecule has 2 aromatic rings. The summed E-state index contributed by atoms with van der Waals surface area (Å²) in [6.07, 6.45) is 3.61. The molecule has 1 nitrogen and oxygen atoms in total. The van der Waals surface area contributed by atoms with E-state index in [1.54, 1.807) is 0 Å². The van der Waals surface area contributed by atoms with Crippen molar-refractivity contribution in [2.75, 3.05) is 0 Å². The van der Waals surface area contributed by atoms with E-state index in [4.69, 9.17) is 0 Å². The average molecular weight is 214 g/mol. The van der Waals surface area contributed by atoms with Crippen molar-refractivity contribution in [3.63, 3.8) is 0 Å². The van der Waals surface area contributed by atoms with Gasteiger partial charge in [0.15, 0.2) is 5.69 Å². The molecule has 0 amide bonds. The Labute approximate surface area is 97.7 Å². The van der Waals surface area contributed by atoms with Crippen molar-refractivity contribution in [1.82, 2.24) is 0 Å². The van der Waals surface area contributed by atoms with Crippen molar-refractivity contribution in [2.24, 2.45) is 0 Å². The quantitative estimate of drug-likeness (QED) is 0.686. The SMILES string of the molecule is CCCC[n+]1c(CC)ccc2ccccc21. The molecular weight excluding hydrogens is 194 g/mol. The van der Waals surface area contributed by atoms with Crippen LogP contribution in [-0.4, -0.2) is 0 Å². The minimum absolute atomic E-state index is 1.11. The van der Waals surface area contributed by atoms with Gasteiger partial charge in [0.25, 0.3) is 0 Å². The van der Waals surface area contributed by atoms with Crippen molar-refractivity contribution >= 4 is 10.9 Å². The maximum Gasteiger partial charge on any atom is 0.212 e. The number of benzene rings is 1. The molecule has 1 aromatic carbocycles. The Morgan fingerprint density at radius 3 is 2.56 bits per heavy atom. The van der Waals surface area contributed by atoms with Crippen molar-refractivity contribution in [3.05, 3.63) is 42.1 Å². The van der Waals surface area contributed by atoms with E-state index in [0.717, 1.165) is 13.0 Å². The van der Waals surface area contributed by atoms with Gasteiger partial charge in [-0.2, -0.15) is 4.57 Å². The molecule has 0 radical (unpaired) electrons. The minimum atomic E-state index is 1.11. The highest BCUT2D eigenvalue weighted by molar-refractivity contribution is 5.75. The van der Waals surface area contributed by atoms with Crippen LogP contribution in [0.2, 0.25) is 0 Å². The van der Waals surface area contributed by atoms with E-state index in [9.17, 15) is 0 Å². The Morgan fingerprint density at radius 2 is 1.81 bits per heavy atom. The van der Waals surface area contributed by atoms with Crippen molar-refractivity contribution < 1.29 is 4.57 Å². The molecule has 0 fully saturated rings. The van der Waals surface area contributed by atoms with Crippen LogP contribution in [0, 0.1) is 0 Å². The number of para-hydroxylation sites is 1. The lowest BCUT2D eigenvalue weighted by atomic mass is 10.1. The van der Waals surface area contributed by atoms with E-state index in [0.29, 0.717) is 0 Å². The number of aryl methyl sites for hydroxylation is 2. The molecule has 0 aliphatic carbocycles. The molecule has 0 atom stereocenters. The van der Waals surface area contributed by atoms with Gasteiger partial charge in [0, 0.05) is 30.4 Å². The number of fused-ring (bicyclic) bond motifs is 1. The zero-order chi connectivity index (χ0) is 11.4. The third-order valence-corrected chi connectivity index (χ3v) is 3.13. The lowest BCUT2D eigenvalue weighted by Crippen LogP contribution is -2.39. The van der Waals surface area contributed by atoms with Crippen LogP contribution in [0.4, 0.5) is 0 Å². The standard InChI is InChI=1S/C15H20N/c1-3-5-12-16-14(4-2)11-10-13-8-6-7-9-15(13)16/h6-11H,3-5,12H2,1-2H3/q+1. The van der Waals surface area contributed by atoms with Crippen LogP contribution in [-0.2, 0) is 13.0 Å². The van der Waals surface area contributed by atoms with Gasteiger partial charge in [-0.3, -0.25) is 0 Å². The molecule has 1 heterocycles. The van der Waals surface area contributed by atoms with Crippen LogP contribution in [0.3, 0.4) is 0 Å². The van der Waals surface area contributed by atoms with E-state index in [1.165, 1.54) is 29.4 Å². The molecule has 0 saturated carbocycles. The summed E-state index contributed by atoms with van der Waals surface area (Å²) in [7, 11) is 0. The van der Waals surface area contributed by atoms with Gasteiger partial charge in [0.2, 0.25) is 5.52 Å². The zero-order valence-corrected chi connectivity index (χ0v) is 10.2. The van der Waals surface area contributed by atoms with Crippen LogP contribution in [0.1, 0.15) is 32.4 Å². The predicted molar refractivity (Wildman–Crippen MR) is 68.4 cm³/mol. The second-order valence-corrected chi connectivity index (χ2v) is 4.24. The number of aromatic nitrogens is 1. The Morgan fingerprint density at radius 1 is 1.00 bits per heavy atom. The number of hydrogen-bond donors (Lipinski definition) is 0. The molecule has 0 saturated heterocycles. The van der Waals surface area contributed by atoms with Crippen LogP contribution < -0.4 is 4.57 Å². The third-order valence-electron chi connectivity index (χ3n) is 3.13. The fourth-order valence-corrected chi connectivity index (χ4v) is 2.19. The van der Waals surface area contributed by atoms with E-state index < -0.39 is 0 Å². The fourth-order valence-electron chi connectivity index (χ4n) is 2.19. The topological polar surface area (TPSA) is 3.88 Å². The van der Waals surface area contributed by atoms with Crippen LogP contribution in [0.15, 0.2) is 36.4 Å². The van der Waals surface area contributed by atoms with Crippen molar-refractivity contribution in [1.29, 1.82) is 0 Å². The molecule has 0 spiro atoms. The molecular formula is C15H20N+. The first kappa shape index (κ1) is 11.1. The van der Waals surface area contributed by atoms with Crippen molar-refractivity contribution in [2.45, 2.75) is 39.7 Å². The second-order valence-electron chi connectivity index (χ2n) is 4.24. The highest BCUT2D eigenvalue weighted by atomic mass is 15.0. The van der Waals surface area contributed by atoms with Gasteiger partial charge >= 0.3 is 0 Å². The van der Waals surface area contributed by atoms with Gasteiger partial charge in [-0.05, 0) is 12.1 Å². The van der Waals surface area contributed by atoms with E-state index in [-0.39, 0.29) is 0 Å². The summed E-state index contributed by atoms with van der Waals surface area (Å²) >= 11 is 0. The summed E-state index contributed by atoms with van der Waals surface area (Å²) in [4.78, 5) is 0. The van der Waals surface area contributed by atoms with Gasteiger partial charge < -0.3 is 0 Å². The Balaban J connectivity index is 2.54. The molecule has 0 bridgehead atoms. The highest BCUT2D eigenvalue weighted by Gasteiger charge is 2.12. The summed E-state index contributed by atoms with van der Waals surface area (Å²) in [6.45, 7) is 5.62. The number of rotatable bonds is 4. The van der Waals surface area contributed by atoms with Crippen LogP contribution in [0.5, 0.6) is 0 Å². The van der Waals surface area contributed by atoms with Crippen LogP contribution in [0.25, 0.3) is 10.9 Å². The molecule has 0 aliphatic rings. The van der Waals surface area contributed by atoms with Gasteiger partial charge in [0.05, 0.1) is 0 Å². The van der Waals surface area contributed by atoms with Crippen LogP contribution >= 0.6 is 0 Å². The first-order valence-corrected chi connectivity index (χ1v) is 6.27. The molecule has 0 aliphatic heterocycles. The number of unbranched alkanes of at least 4 members (excludes halogenated alkanes) is 1. The van der Waals surface area contributed by atoms with Gasteiger partial charge in [-0.1, -0.05) is 32.4 Å². The molecule has 16 heavy (non-hydrogen) atoms. The van der Waals surface area contributed by atoms with E-state index in [2.05, 4.69) is 54.8 Å². The van der Waals surface area contributed by atoms with Gasteiger partial charge in [0.1, 0.15) is 6.54 Å². The molecule has 2 rings (SSSR count). The molecule has 1 aromatic heterocycles. The fraction of sp³-hybridized carbons (Fsp3) is 0.400. The average Bonchev–Trinajstić information content (AvgIpc) is 2.35. The molecule has 0 N–H and O–H groups in total. The summed E-state index contributed by atoms with van der Waals surface area (Å²) in [5, 5.41) is 1.34. The van der Waals surface area contributed by atoms with Crippen molar-refractivity contribution in [3.8, 4) is 0 Å². The van der Waals surface area contributed by atoms with E-state index >= 15 is 0 Å². The monoisotopic (exact) mass is 214 g/mol. The summed E-state index contributed by atoms with van der Waals surface area (Å²) in [6, 6.07) is 13.2. The zero-order valence-electron chi connectivity index (χ0n) is 10.2. The lowest BCUT2D eigenvalue weighted by molar-refractivity contribution is -0.679. The Bertz CT molecular complexity index is 474. The second kappa shape index (κ2) is 5.11. The summed E-state index contributed by atoms with van der Waals surface area (Å²) in [5.41, 5.74) is 2.81.